The number of carbonyl (C=O) groups excluding carboxylic acids is 1. The van der Waals surface area contributed by atoms with Gasteiger partial charge in [0, 0.05) is 44.8 Å². The molecule has 0 spiro atoms. The lowest BCUT2D eigenvalue weighted by molar-refractivity contribution is 0.0951. The summed E-state index contributed by atoms with van der Waals surface area (Å²) in [6.07, 6.45) is 5.33. The van der Waals surface area contributed by atoms with Crippen molar-refractivity contribution in [3.05, 3.63) is 47.9 Å². The number of aromatic amines is 1. The molecule has 2 aromatic heterocycles. The van der Waals surface area contributed by atoms with Gasteiger partial charge < -0.3 is 15.2 Å². The minimum absolute atomic E-state index is 0.0956. The summed E-state index contributed by atoms with van der Waals surface area (Å²) in [4.78, 5) is 20.9. The number of H-pyrrole nitrogens is 1. The summed E-state index contributed by atoms with van der Waals surface area (Å²) in [6.45, 7) is 0.516. The van der Waals surface area contributed by atoms with Crippen molar-refractivity contribution in [2.45, 2.75) is 6.54 Å². The lowest BCUT2D eigenvalue weighted by atomic mass is 10.2. The van der Waals surface area contributed by atoms with Gasteiger partial charge in [-0.05, 0) is 23.8 Å². The molecule has 18 heavy (non-hydrogen) atoms. The highest BCUT2D eigenvalue weighted by molar-refractivity contribution is 5.94. The Hall–Kier alpha value is -2.30. The van der Waals surface area contributed by atoms with Crippen LogP contribution in [0.3, 0.4) is 0 Å². The fraction of sp³-hybridized carbons (Fsp3) is 0.231. The summed E-state index contributed by atoms with van der Waals surface area (Å²) in [5.41, 5.74) is 1.66. The molecule has 0 aliphatic heterocycles. The van der Waals surface area contributed by atoms with Gasteiger partial charge in [0.25, 0.3) is 5.91 Å². The lowest BCUT2D eigenvalue weighted by Gasteiger charge is -2.12. The quantitative estimate of drug-likeness (QED) is 0.854. The number of nitrogens with one attached hydrogen (secondary N) is 2. The van der Waals surface area contributed by atoms with Gasteiger partial charge in [0.1, 0.15) is 5.82 Å². The van der Waals surface area contributed by atoms with Crippen molar-refractivity contribution >= 4 is 11.7 Å². The van der Waals surface area contributed by atoms with E-state index in [9.17, 15) is 4.79 Å². The summed E-state index contributed by atoms with van der Waals surface area (Å²) >= 11 is 0. The van der Waals surface area contributed by atoms with E-state index in [1.807, 2.05) is 37.5 Å². The first kappa shape index (κ1) is 12.2. The van der Waals surface area contributed by atoms with E-state index >= 15 is 0 Å². The molecule has 2 rings (SSSR count). The van der Waals surface area contributed by atoms with Crippen LogP contribution in [0.15, 0.2) is 36.8 Å². The summed E-state index contributed by atoms with van der Waals surface area (Å²) in [6, 6.07) is 5.41. The normalized spacial score (nSPS) is 10.1. The third kappa shape index (κ3) is 2.88. The highest BCUT2D eigenvalue weighted by atomic mass is 16.1. The van der Waals surface area contributed by atoms with Crippen LogP contribution < -0.4 is 10.2 Å². The summed E-state index contributed by atoms with van der Waals surface area (Å²) in [7, 11) is 3.79. The number of hydrogen-bond donors (Lipinski definition) is 2. The number of nitrogens with zero attached hydrogens (tertiary/aromatic N) is 2. The topological polar surface area (TPSA) is 61.0 Å². The van der Waals surface area contributed by atoms with E-state index in [0.29, 0.717) is 12.1 Å². The van der Waals surface area contributed by atoms with Gasteiger partial charge in [-0.3, -0.25) is 4.79 Å². The highest BCUT2D eigenvalue weighted by Gasteiger charge is 2.07. The van der Waals surface area contributed by atoms with Crippen LogP contribution in [0.4, 0.5) is 5.82 Å². The molecule has 0 unspecified atom stereocenters. The standard InChI is InChI=1S/C13H16N4O/c1-17(2)12-7-11(4-6-15-12)13(18)16-9-10-3-5-14-8-10/h3-8,14H,9H2,1-2H3,(H,16,18). The van der Waals surface area contributed by atoms with Crippen molar-refractivity contribution in [2.24, 2.45) is 0 Å². The summed E-state index contributed by atoms with van der Waals surface area (Å²) in [5.74, 6) is 0.672. The molecule has 0 saturated carbocycles. The smallest absolute Gasteiger partial charge is 0.251 e. The maximum absolute atomic E-state index is 11.9. The first-order valence-electron chi connectivity index (χ1n) is 5.70. The zero-order valence-corrected chi connectivity index (χ0v) is 10.5. The average molecular weight is 244 g/mol. The van der Waals surface area contributed by atoms with Crippen LogP contribution >= 0.6 is 0 Å². The fourth-order valence-corrected chi connectivity index (χ4v) is 1.56. The van der Waals surface area contributed by atoms with E-state index < -0.39 is 0 Å². The van der Waals surface area contributed by atoms with E-state index in [4.69, 9.17) is 0 Å². The van der Waals surface area contributed by atoms with Gasteiger partial charge in [0.2, 0.25) is 0 Å². The Bertz CT molecular complexity index is 520. The Morgan fingerprint density at radius 1 is 1.44 bits per heavy atom. The maximum atomic E-state index is 11.9. The molecule has 0 atom stereocenters. The molecular formula is C13H16N4O. The van der Waals surface area contributed by atoms with Crippen LogP contribution in [0.5, 0.6) is 0 Å². The fourth-order valence-electron chi connectivity index (χ4n) is 1.56. The molecule has 0 radical (unpaired) electrons. The second kappa shape index (κ2) is 5.35. The van der Waals surface area contributed by atoms with Crippen molar-refractivity contribution in [1.29, 1.82) is 0 Å². The Balaban J connectivity index is 2.02. The van der Waals surface area contributed by atoms with E-state index in [1.54, 1.807) is 18.3 Å². The second-order valence-corrected chi connectivity index (χ2v) is 4.20. The number of hydrogen-bond acceptors (Lipinski definition) is 3. The number of aromatic nitrogens is 2. The predicted molar refractivity (Wildman–Crippen MR) is 70.5 cm³/mol. The molecule has 0 aromatic carbocycles. The van der Waals surface area contributed by atoms with Crippen molar-refractivity contribution in [2.75, 3.05) is 19.0 Å². The number of rotatable bonds is 4. The monoisotopic (exact) mass is 244 g/mol. The zero-order chi connectivity index (χ0) is 13.0. The molecule has 94 valence electrons. The minimum atomic E-state index is -0.0956. The third-order valence-corrected chi connectivity index (χ3v) is 2.58. The van der Waals surface area contributed by atoms with Crippen LogP contribution in [-0.4, -0.2) is 30.0 Å². The molecular weight excluding hydrogens is 228 g/mol. The van der Waals surface area contributed by atoms with Gasteiger partial charge in [0.05, 0.1) is 0 Å². The minimum Gasteiger partial charge on any atom is -0.367 e. The van der Waals surface area contributed by atoms with Gasteiger partial charge in [0.15, 0.2) is 0 Å². The molecule has 2 aromatic rings. The molecule has 2 N–H and O–H groups in total. The van der Waals surface area contributed by atoms with Crippen LogP contribution in [-0.2, 0) is 6.54 Å². The van der Waals surface area contributed by atoms with Crippen LogP contribution in [0.1, 0.15) is 15.9 Å². The molecule has 5 heteroatoms. The lowest BCUT2D eigenvalue weighted by Crippen LogP contribution is -2.23. The SMILES string of the molecule is CN(C)c1cc(C(=O)NCc2cc[nH]c2)ccn1. The Morgan fingerprint density at radius 2 is 2.28 bits per heavy atom. The molecule has 0 aliphatic rings. The predicted octanol–water partition coefficient (Wildman–Crippen LogP) is 1.41. The Labute approximate surface area is 106 Å². The van der Waals surface area contributed by atoms with Crippen molar-refractivity contribution in [3.63, 3.8) is 0 Å². The van der Waals surface area contributed by atoms with Gasteiger partial charge in [-0.1, -0.05) is 0 Å². The Morgan fingerprint density at radius 3 is 2.94 bits per heavy atom. The van der Waals surface area contributed by atoms with Gasteiger partial charge in [-0.15, -0.1) is 0 Å². The molecule has 5 nitrogen and oxygen atoms in total. The first-order chi connectivity index (χ1) is 8.66. The molecule has 0 saturated heterocycles. The second-order valence-electron chi connectivity index (χ2n) is 4.20. The number of amides is 1. The Kier molecular flexibility index (Phi) is 3.62. The van der Waals surface area contributed by atoms with Crippen molar-refractivity contribution in [1.82, 2.24) is 15.3 Å². The molecule has 0 aliphatic carbocycles. The van der Waals surface area contributed by atoms with E-state index in [1.165, 1.54) is 0 Å². The third-order valence-electron chi connectivity index (χ3n) is 2.58. The molecule has 2 heterocycles. The van der Waals surface area contributed by atoms with E-state index in [2.05, 4.69) is 15.3 Å². The van der Waals surface area contributed by atoms with Crippen molar-refractivity contribution in [3.8, 4) is 0 Å². The van der Waals surface area contributed by atoms with E-state index in [0.717, 1.165) is 11.4 Å². The number of carbonyl (C=O) groups is 1. The molecule has 0 fully saturated rings. The van der Waals surface area contributed by atoms with E-state index in [-0.39, 0.29) is 5.91 Å². The van der Waals surface area contributed by atoms with Crippen LogP contribution in [0.2, 0.25) is 0 Å². The summed E-state index contributed by atoms with van der Waals surface area (Å²) < 4.78 is 0. The van der Waals surface area contributed by atoms with Gasteiger partial charge in [-0.25, -0.2) is 4.98 Å². The maximum Gasteiger partial charge on any atom is 0.251 e. The average Bonchev–Trinajstić information content (AvgIpc) is 2.89. The molecule has 0 bridgehead atoms. The number of pyridine rings is 1. The first-order valence-corrected chi connectivity index (χ1v) is 5.70. The number of anilines is 1. The van der Waals surface area contributed by atoms with Crippen LogP contribution in [0.25, 0.3) is 0 Å². The van der Waals surface area contributed by atoms with Gasteiger partial charge >= 0.3 is 0 Å². The summed E-state index contributed by atoms with van der Waals surface area (Å²) in [5, 5.41) is 2.86. The van der Waals surface area contributed by atoms with Gasteiger partial charge in [-0.2, -0.15) is 0 Å². The van der Waals surface area contributed by atoms with Crippen molar-refractivity contribution < 1.29 is 4.79 Å². The molecule has 1 amide bonds. The largest absolute Gasteiger partial charge is 0.367 e. The zero-order valence-electron chi connectivity index (χ0n) is 10.5. The van der Waals surface area contributed by atoms with Crippen LogP contribution in [0, 0.1) is 0 Å². The highest BCUT2D eigenvalue weighted by Crippen LogP contribution is 2.09.